The lowest BCUT2D eigenvalue weighted by atomic mass is 9.92. The Labute approximate surface area is 302 Å². The van der Waals surface area contributed by atoms with Crippen LogP contribution in [0, 0.1) is 28.4 Å². The van der Waals surface area contributed by atoms with Gasteiger partial charge in [-0.05, 0) is 54.5 Å². The molecule has 0 bridgehead atoms. The van der Waals surface area contributed by atoms with Crippen molar-refractivity contribution >= 4 is 41.0 Å². The van der Waals surface area contributed by atoms with Crippen molar-refractivity contribution in [1.82, 2.24) is 16.0 Å². The van der Waals surface area contributed by atoms with E-state index in [1.165, 1.54) is 0 Å². The number of carboxylic acid groups (broad SMARTS) is 2. The van der Waals surface area contributed by atoms with Gasteiger partial charge < -0.3 is 41.5 Å². The zero-order valence-electron chi connectivity index (χ0n) is 30.4. The average molecular weight is 727 g/mol. The summed E-state index contributed by atoms with van der Waals surface area (Å²) in [6.07, 6.45) is 0.813. The zero-order chi connectivity index (χ0) is 39.0. The first kappa shape index (κ1) is 42.7. The number of nitro groups is 1. The number of aryl methyl sites for hydroxylation is 1. The van der Waals surface area contributed by atoms with E-state index in [1.54, 1.807) is 36.4 Å². The number of benzene rings is 2. The molecule has 16 heteroatoms. The topological polar surface area (TPSA) is 238 Å². The fourth-order valence-electron chi connectivity index (χ4n) is 4.82. The minimum atomic E-state index is -1.40. The number of ether oxygens (including phenoxy) is 1. The maximum Gasteiger partial charge on any atom is 0.328 e. The van der Waals surface area contributed by atoms with Crippen molar-refractivity contribution < 1.29 is 43.8 Å². The Kier molecular flexibility index (Phi) is 16.7. The number of carbonyl (C=O) groups is 5. The molecule has 7 N–H and O–H groups in total. The summed E-state index contributed by atoms with van der Waals surface area (Å²) >= 11 is 0. The first-order valence-electron chi connectivity index (χ1n) is 16.8. The highest BCUT2D eigenvalue weighted by molar-refractivity contribution is 5.91. The van der Waals surface area contributed by atoms with Gasteiger partial charge in [-0.3, -0.25) is 24.5 Å². The normalized spacial score (nSPS) is 13.3. The number of nitrogens with zero attached hydrogens (tertiary/aromatic N) is 1. The van der Waals surface area contributed by atoms with Crippen LogP contribution in [0.25, 0.3) is 0 Å². The number of amides is 3. The van der Waals surface area contributed by atoms with E-state index in [4.69, 9.17) is 4.74 Å². The van der Waals surface area contributed by atoms with Crippen molar-refractivity contribution in [3.8, 4) is 0 Å². The highest BCUT2D eigenvalue weighted by atomic mass is 16.6. The first-order valence-corrected chi connectivity index (χ1v) is 16.8. The van der Waals surface area contributed by atoms with Crippen LogP contribution < -0.4 is 26.6 Å². The predicted molar refractivity (Wildman–Crippen MR) is 194 cm³/mol. The number of aliphatic carboxylic acids is 2. The molecule has 0 spiro atoms. The molecule has 0 fully saturated rings. The molecule has 52 heavy (non-hydrogen) atoms. The first-order chi connectivity index (χ1) is 24.3. The van der Waals surface area contributed by atoms with Crippen LogP contribution in [0.1, 0.15) is 65.0 Å². The number of carboxylic acids is 2. The van der Waals surface area contributed by atoms with Gasteiger partial charge in [-0.2, -0.15) is 0 Å². The summed E-state index contributed by atoms with van der Waals surface area (Å²) in [6, 6.07) is 10.1. The molecule has 0 aliphatic rings. The molecule has 3 atom stereocenters. The lowest BCUT2D eigenvalue weighted by Gasteiger charge is -2.23. The Balaban J connectivity index is 1.97. The van der Waals surface area contributed by atoms with Gasteiger partial charge in [0.2, 0.25) is 17.7 Å². The second kappa shape index (κ2) is 20.4. The van der Waals surface area contributed by atoms with Crippen molar-refractivity contribution in [3.05, 3.63) is 81.8 Å². The summed E-state index contributed by atoms with van der Waals surface area (Å²) in [5, 5.41) is 43.8. The standard InChI is InChI=1S/C36H50N6O10/c1-22(2)17-28(33(45)41-27(34(46)47)15-16-52-21-29(35(48)49)40-32(44)19-36(4,5)6)39-31(43)18-24-9-13-26(14-10-24)38-30(20-42(50)51)37-25-11-7-23(3)8-12-25/h7-14,20,22,27-29,37-38H,15-19,21H2,1-6H3,(H,39,43)(H,40,44)(H,41,45)(H,46,47)(H,48,49). The summed E-state index contributed by atoms with van der Waals surface area (Å²) in [6.45, 7) is 10.5. The van der Waals surface area contributed by atoms with Gasteiger partial charge in [0.05, 0.1) is 18.0 Å². The van der Waals surface area contributed by atoms with E-state index in [1.807, 2.05) is 53.7 Å². The van der Waals surface area contributed by atoms with E-state index in [2.05, 4.69) is 26.6 Å². The number of carbonyl (C=O) groups excluding carboxylic acids is 3. The maximum atomic E-state index is 13.2. The molecule has 0 aliphatic heterocycles. The Morgan fingerprint density at radius 2 is 1.37 bits per heavy atom. The predicted octanol–water partition coefficient (Wildman–Crippen LogP) is 3.65. The van der Waals surface area contributed by atoms with Crippen LogP contribution in [-0.4, -0.2) is 76.1 Å². The van der Waals surface area contributed by atoms with Crippen LogP contribution in [0.15, 0.2) is 60.6 Å². The molecule has 0 aromatic heterocycles. The fraction of sp³-hybridized carbons (Fsp3) is 0.472. The van der Waals surface area contributed by atoms with E-state index in [-0.39, 0.29) is 49.4 Å². The van der Waals surface area contributed by atoms with Crippen molar-refractivity contribution in [2.45, 2.75) is 85.4 Å². The smallest absolute Gasteiger partial charge is 0.328 e. The third kappa shape index (κ3) is 16.9. The van der Waals surface area contributed by atoms with Crippen molar-refractivity contribution in [1.29, 1.82) is 0 Å². The van der Waals surface area contributed by atoms with Crippen LogP contribution in [-0.2, 0) is 35.1 Å². The van der Waals surface area contributed by atoms with Gasteiger partial charge in [-0.15, -0.1) is 0 Å². The highest BCUT2D eigenvalue weighted by Crippen LogP contribution is 2.18. The fourth-order valence-corrected chi connectivity index (χ4v) is 4.82. The number of anilines is 2. The van der Waals surface area contributed by atoms with E-state index in [0.717, 1.165) is 11.8 Å². The molecule has 0 radical (unpaired) electrons. The molecule has 16 nitrogen and oxygen atoms in total. The van der Waals surface area contributed by atoms with Crippen LogP contribution >= 0.6 is 0 Å². The Hall–Kier alpha value is -5.51. The summed E-state index contributed by atoms with van der Waals surface area (Å²) in [5.41, 5.74) is 2.42. The molecule has 0 saturated carbocycles. The molecule has 0 saturated heterocycles. The van der Waals surface area contributed by atoms with Gasteiger partial charge >= 0.3 is 11.9 Å². The Bertz CT molecular complexity index is 1570. The monoisotopic (exact) mass is 726 g/mol. The molecule has 3 amide bonds. The van der Waals surface area contributed by atoms with Gasteiger partial charge in [0.15, 0.2) is 11.9 Å². The second-order valence-electron chi connectivity index (χ2n) is 14.0. The van der Waals surface area contributed by atoms with E-state index < -0.39 is 59.3 Å². The third-order valence-corrected chi connectivity index (χ3v) is 7.30. The van der Waals surface area contributed by atoms with Gasteiger partial charge in [0.25, 0.3) is 6.20 Å². The van der Waals surface area contributed by atoms with E-state index >= 15 is 0 Å². The van der Waals surface area contributed by atoms with Gasteiger partial charge in [-0.1, -0.05) is 64.4 Å². The second-order valence-corrected chi connectivity index (χ2v) is 14.0. The van der Waals surface area contributed by atoms with Gasteiger partial charge in [-0.25, -0.2) is 9.59 Å². The summed E-state index contributed by atoms with van der Waals surface area (Å²) in [7, 11) is 0. The molecule has 3 unspecified atom stereocenters. The SMILES string of the molecule is Cc1ccc(NC(=C[N+](=O)[O-])Nc2ccc(CC(=O)NC(CC(C)C)C(=O)NC(CCOCC(NC(=O)CC(C)(C)C)C(=O)O)C(=O)O)cc2)cc1. The van der Waals surface area contributed by atoms with Crippen molar-refractivity contribution in [2.75, 3.05) is 23.8 Å². The third-order valence-electron chi connectivity index (χ3n) is 7.30. The number of hydrogen-bond donors (Lipinski definition) is 7. The number of hydrogen-bond acceptors (Lipinski definition) is 10. The van der Waals surface area contributed by atoms with Crippen LogP contribution in [0.3, 0.4) is 0 Å². The molecular formula is C36H50N6O10. The van der Waals surface area contributed by atoms with Crippen LogP contribution in [0.5, 0.6) is 0 Å². The largest absolute Gasteiger partial charge is 0.480 e. The van der Waals surface area contributed by atoms with Crippen molar-refractivity contribution in [3.63, 3.8) is 0 Å². The molecule has 0 heterocycles. The van der Waals surface area contributed by atoms with Gasteiger partial charge in [0.1, 0.15) is 12.1 Å². The lowest BCUT2D eigenvalue weighted by Crippen LogP contribution is -2.52. The van der Waals surface area contributed by atoms with Crippen LogP contribution in [0.4, 0.5) is 11.4 Å². The Morgan fingerprint density at radius 3 is 1.87 bits per heavy atom. The number of nitrogens with one attached hydrogen (secondary N) is 5. The molecule has 2 rings (SSSR count). The highest BCUT2D eigenvalue weighted by Gasteiger charge is 2.28. The van der Waals surface area contributed by atoms with Gasteiger partial charge in [0, 0.05) is 30.8 Å². The minimum absolute atomic E-state index is 0.0376. The maximum absolute atomic E-state index is 13.2. The molecule has 0 aliphatic carbocycles. The molecular weight excluding hydrogens is 676 g/mol. The van der Waals surface area contributed by atoms with Crippen LogP contribution in [0.2, 0.25) is 0 Å². The molecule has 2 aromatic rings. The quantitative estimate of drug-likeness (QED) is 0.0555. The minimum Gasteiger partial charge on any atom is -0.480 e. The number of rotatable bonds is 21. The van der Waals surface area contributed by atoms with Crippen molar-refractivity contribution in [2.24, 2.45) is 11.3 Å². The zero-order valence-corrected chi connectivity index (χ0v) is 30.4. The summed E-state index contributed by atoms with van der Waals surface area (Å²) in [5.74, 6) is -4.23. The summed E-state index contributed by atoms with van der Waals surface area (Å²) in [4.78, 5) is 72.5. The molecule has 2 aromatic carbocycles. The van der Waals surface area contributed by atoms with E-state index in [0.29, 0.717) is 16.9 Å². The Morgan fingerprint density at radius 1 is 0.827 bits per heavy atom. The molecule has 284 valence electrons. The average Bonchev–Trinajstić information content (AvgIpc) is 3.01. The lowest BCUT2D eigenvalue weighted by molar-refractivity contribution is -0.403. The van der Waals surface area contributed by atoms with E-state index in [9.17, 15) is 44.3 Å². The summed E-state index contributed by atoms with van der Waals surface area (Å²) < 4.78 is 5.36.